The Kier molecular flexibility index (Phi) is 4.61. The van der Waals surface area contributed by atoms with Gasteiger partial charge in [-0.3, -0.25) is 4.79 Å². The first-order chi connectivity index (χ1) is 12.9. The van der Waals surface area contributed by atoms with Gasteiger partial charge in [0.15, 0.2) is 5.78 Å². The highest BCUT2D eigenvalue weighted by Crippen LogP contribution is 2.60. The van der Waals surface area contributed by atoms with Crippen LogP contribution in [0, 0.1) is 17.3 Å². The Bertz CT molecular complexity index is 857. The second-order valence-corrected chi connectivity index (χ2v) is 8.89. The van der Waals surface area contributed by atoms with Gasteiger partial charge in [-0.05, 0) is 92.5 Å². The Morgan fingerprint density at radius 2 is 2.11 bits per heavy atom. The van der Waals surface area contributed by atoms with Crippen molar-refractivity contribution >= 4 is 5.78 Å². The molecule has 0 amide bonds. The number of ketones is 1. The summed E-state index contributed by atoms with van der Waals surface area (Å²) in [6.07, 6.45) is 13.4. The zero-order valence-electron chi connectivity index (χ0n) is 16.7. The fourth-order valence-electron chi connectivity index (χ4n) is 5.94. The molecule has 0 bridgehead atoms. The molecule has 0 heterocycles. The van der Waals surface area contributed by atoms with Gasteiger partial charge in [-0.1, -0.05) is 42.9 Å². The van der Waals surface area contributed by atoms with Crippen molar-refractivity contribution in [2.75, 3.05) is 0 Å². The molecule has 0 spiro atoms. The van der Waals surface area contributed by atoms with Gasteiger partial charge in [-0.15, -0.1) is 0 Å². The van der Waals surface area contributed by atoms with Crippen LogP contribution in [0.15, 0.2) is 53.6 Å². The number of benzene rings is 1. The first-order valence-electron chi connectivity index (χ1n) is 10.3. The molecule has 0 aromatic heterocycles. The molecule has 0 radical (unpaired) electrons. The first-order valence-corrected chi connectivity index (χ1v) is 10.3. The van der Waals surface area contributed by atoms with Crippen LogP contribution in [0.1, 0.15) is 63.5 Å². The van der Waals surface area contributed by atoms with Gasteiger partial charge in [0.1, 0.15) is 5.75 Å². The molecule has 142 valence electrons. The van der Waals surface area contributed by atoms with Crippen molar-refractivity contribution in [3.8, 4) is 5.75 Å². The highest BCUT2D eigenvalue weighted by molar-refractivity contribution is 6.03. The zero-order valence-corrected chi connectivity index (χ0v) is 16.7. The van der Waals surface area contributed by atoms with Crippen LogP contribution in [0.3, 0.4) is 0 Å². The van der Waals surface area contributed by atoms with Crippen molar-refractivity contribution < 1.29 is 9.90 Å². The molecule has 3 aliphatic rings. The third kappa shape index (κ3) is 2.99. The van der Waals surface area contributed by atoms with Crippen LogP contribution >= 0.6 is 0 Å². The van der Waals surface area contributed by atoms with E-state index in [0.717, 1.165) is 43.3 Å². The quantitative estimate of drug-likeness (QED) is 0.527. The van der Waals surface area contributed by atoms with Crippen molar-refractivity contribution in [1.82, 2.24) is 0 Å². The number of carbonyl (C=O) groups is 1. The fourth-order valence-corrected chi connectivity index (χ4v) is 5.94. The van der Waals surface area contributed by atoms with Gasteiger partial charge in [-0.2, -0.15) is 0 Å². The molecule has 2 heteroatoms. The standard InChI is InChI=1S/C25H30O2/c1-4-5-6-16(2)13-18-15-23-22-9-7-17-14-19(26)8-10-20(17)21(22)11-12-25(23,3)24(18)27/h4-6,8,10,13-14,21-23,26H,7,9,11-12,15H2,1-3H3/b5-4-,16-6+,18-13+/t21?,22?,23?,25-/m0/s1. The number of carbonyl (C=O) groups excluding carboxylic acids is 1. The Morgan fingerprint density at radius 1 is 1.30 bits per heavy atom. The summed E-state index contributed by atoms with van der Waals surface area (Å²) >= 11 is 0. The molecule has 1 aromatic carbocycles. The van der Waals surface area contributed by atoms with E-state index in [9.17, 15) is 9.90 Å². The smallest absolute Gasteiger partial charge is 0.165 e. The van der Waals surface area contributed by atoms with E-state index >= 15 is 0 Å². The summed E-state index contributed by atoms with van der Waals surface area (Å²) in [4.78, 5) is 13.3. The number of aryl methyl sites for hydroxylation is 1. The van der Waals surface area contributed by atoms with Gasteiger partial charge in [-0.25, -0.2) is 0 Å². The number of allylic oxidation sites excluding steroid dienone is 6. The maximum atomic E-state index is 13.3. The van der Waals surface area contributed by atoms with Crippen LogP contribution in [-0.4, -0.2) is 10.9 Å². The van der Waals surface area contributed by atoms with Gasteiger partial charge in [0, 0.05) is 5.41 Å². The predicted octanol–water partition coefficient (Wildman–Crippen LogP) is 5.88. The molecule has 3 aliphatic carbocycles. The van der Waals surface area contributed by atoms with Crippen LogP contribution in [0.4, 0.5) is 0 Å². The van der Waals surface area contributed by atoms with E-state index in [4.69, 9.17) is 0 Å². The molecule has 2 saturated carbocycles. The molecule has 2 fully saturated rings. The average Bonchev–Trinajstić information content (AvgIpc) is 2.90. The van der Waals surface area contributed by atoms with Gasteiger partial charge in [0.2, 0.25) is 0 Å². The summed E-state index contributed by atoms with van der Waals surface area (Å²) in [5.74, 6) is 2.33. The molecule has 1 N–H and O–H groups in total. The van der Waals surface area contributed by atoms with Gasteiger partial charge in [0.25, 0.3) is 0 Å². The molecule has 0 aliphatic heterocycles. The van der Waals surface area contributed by atoms with Crippen molar-refractivity contribution in [3.63, 3.8) is 0 Å². The summed E-state index contributed by atoms with van der Waals surface area (Å²) in [5, 5.41) is 9.83. The monoisotopic (exact) mass is 362 g/mol. The largest absolute Gasteiger partial charge is 0.508 e. The summed E-state index contributed by atoms with van der Waals surface area (Å²) in [6.45, 7) is 6.30. The minimum absolute atomic E-state index is 0.192. The Hall–Kier alpha value is -2.09. The van der Waals surface area contributed by atoms with Crippen molar-refractivity contribution in [2.45, 2.75) is 58.8 Å². The molecule has 4 rings (SSSR count). The first kappa shape index (κ1) is 18.3. The lowest BCUT2D eigenvalue weighted by Crippen LogP contribution is -2.42. The van der Waals surface area contributed by atoms with E-state index in [0.29, 0.717) is 29.3 Å². The summed E-state index contributed by atoms with van der Waals surface area (Å²) in [6, 6.07) is 5.90. The third-order valence-corrected chi connectivity index (χ3v) is 7.30. The molecule has 1 aromatic rings. The van der Waals surface area contributed by atoms with E-state index in [2.05, 4.69) is 32.1 Å². The molecular formula is C25H30O2. The lowest BCUT2D eigenvalue weighted by atomic mass is 9.55. The van der Waals surface area contributed by atoms with Crippen LogP contribution in [0.25, 0.3) is 0 Å². The second-order valence-electron chi connectivity index (χ2n) is 8.89. The van der Waals surface area contributed by atoms with E-state index in [1.165, 1.54) is 11.1 Å². The number of Topliss-reactive ketones (excluding diaryl/α,β-unsaturated/α-hetero) is 1. The second kappa shape index (κ2) is 6.82. The summed E-state index contributed by atoms with van der Waals surface area (Å²) < 4.78 is 0. The number of hydrogen-bond donors (Lipinski definition) is 1. The molecule has 4 atom stereocenters. The maximum absolute atomic E-state index is 13.3. The number of rotatable bonds is 2. The number of hydrogen-bond acceptors (Lipinski definition) is 2. The zero-order chi connectivity index (χ0) is 19.2. The average molecular weight is 363 g/mol. The van der Waals surface area contributed by atoms with Crippen molar-refractivity contribution in [1.29, 1.82) is 0 Å². The number of aromatic hydroxyl groups is 1. The molecular weight excluding hydrogens is 332 g/mol. The molecule has 0 saturated heterocycles. The molecule has 3 unspecified atom stereocenters. The normalized spacial score (nSPS) is 34.6. The summed E-state index contributed by atoms with van der Waals surface area (Å²) in [5.41, 5.74) is 4.71. The Balaban J connectivity index is 1.66. The number of phenolic OH excluding ortho intramolecular Hbond substituents is 1. The minimum Gasteiger partial charge on any atom is -0.508 e. The lowest BCUT2D eigenvalue weighted by molar-refractivity contribution is -0.127. The summed E-state index contributed by atoms with van der Waals surface area (Å²) in [7, 11) is 0. The van der Waals surface area contributed by atoms with Crippen molar-refractivity contribution in [2.24, 2.45) is 17.3 Å². The van der Waals surface area contributed by atoms with Crippen LogP contribution < -0.4 is 0 Å². The van der Waals surface area contributed by atoms with Crippen LogP contribution in [-0.2, 0) is 11.2 Å². The van der Waals surface area contributed by atoms with Crippen LogP contribution in [0.2, 0.25) is 0 Å². The number of phenols is 1. The van der Waals surface area contributed by atoms with Gasteiger partial charge in [0.05, 0.1) is 0 Å². The fraction of sp³-hybridized carbons (Fsp3) is 0.480. The molecule has 27 heavy (non-hydrogen) atoms. The Labute approximate surface area is 162 Å². The van der Waals surface area contributed by atoms with E-state index in [1.54, 1.807) is 0 Å². The Morgan fingerprint density at radius 3 is 2.89 bits per heavy atom. The van der Waals surface area contributed by atoms with E-state index < -0.39 is 0 Å². The number of fused-ring (bicyclic) bond motifs is 5. The highest BCUT2D eigenvalue weighted by atomic mass is 16.3. The SMILES string of the molecule is C\C=C/C=C(C)/C=C1\CC2C3CCc4cc(O)ccc4C3CC[C@]2(C)C1=O. The third-order valence-electron chi connectivity index (χ3n) is 7.30. The maximum Gasteiger partial charge on any atom is 0.165 e. The van der Waals surface area contributed by atoms with Crippen molar-refractivity contribution in [3.05, 3.63) is 64.8 Å². The molecule has 2 nitrogen and oxygen atoms in total. The van der Waals surface area contributed by atoms with E-state index in [1.807, 2.05) is 31.2 Å². The highest BCUT2D eigenvalue weighted by Gasteiger charge is 2.56. The van der Waals surface area contributed by atoms with E-state index in [-0.39, 0.29) is 5.41 Å². The minimum atomic E-state index is -0.192. The van der Waals surface area contributed by atoms with Gasteiger partial charge >= 0.3 is 0 Å². The lowest BCUT2D eigenvalue weighted by Gasteiger charge is -2.48. The predicted molar refractivity (Wildman–Crippen MR) is 110 cm³/mol. The van der Waals surface area contributed by atoms with Gasteiger partial charge < -0.3 is 5.11 Å². The topological polar surface area (TPSA) is 37.3 Å². The van der Waals surface area contributed by atoms with Crippen LogP contribution in [0.5, 0.6) is 5.75 Å².